The summed E-state index contributed by atoms with van der Waals surface area (Å²) in [5, 5.41) is 0. The van der Waals surface area contributed by atoms with Crippen LogP contribution in [-0.2, 0) is 45.4 Å². The number of nitrogens with zero attached hydrogens (tertiary/aromatic N) is 2. The quantitative estimate of drug-likeness (QED) is 0.164. The molecular formula is C20H30Cl2CoN2O6. The van der Waals surface area contributed by atoms with E-state index in [1.165, 1.54) is 26.3 Å². The number of ketones is 2. The largest absolute Gasteiger partial charge is 2.00 e. The van der Waals surface area contributed by atoms with Crippen LogP contribution in [0.4, 0.5) is 0 Å². The molecule has 1 rings (SSSR count). The second-order valence-corrected chi connectivity index (χ2v) is 6.70. The van der Waals surface area contributed by atoms with E-state index in [1.54, 1.807) is 13.8 Å². The molecule has 31 heavy (non-hydrogen) atoms. The summed E-state index contributed by atoms with van der Waals surface area (Å²) in [5.74, 6) is -3.97. The SMILES string of the molecule is CCOC(=O)C(C=NC1CCCCC1N=CC(C(C)=O)C(=O)OCC)C(C)=O.[Cl-].[Cl-].[Co+2]. The van der Waals surface area contributed by atoms with E-state index >= 15 is 0 Å². The van der Waals surface area contributed by atoms with Crippen LogP contribution in [0.3, 0.4) is 0 Å². The molecule has 0 aliphatic heterocycles. The second kappa shape index (κ2) is 18.3. The standard InChI is InChI=1S/C20H30N2O6.2ClH.Co/c1-5-27-19(25)15(13(3)23)11-21-17-9-7-8-10-18(17)22-12-16(14(4)24)20(26)28-6-2;;;/h11-12,15-18H,5-10H2,1-4H3;2*1H;/q;;;+2/p-2. The molecule has 0 amide bonds. The fourth-order valence-corrected chi connectivity index (χ4v) is 2.96. The summed E-state index contributed by atoms with van der Waals surface area (Å²) in [6.45, 7) is 6.36. The van der Waals surface area contributed by atoms with Crippen LogP contribution in [0.1, 0.15) is 53.4 Å². The van der Waals surface area contributed by atoms with E-state index in [0.717, 1.165) is 25.7 Å². The first-order valence-corrected chi connectivity index (χ1v) is 9.72. The molecule has 1 radical (unpaired) electrons. The van der Waals surface area contributed by atoms with Gasteiger partial charge in [-0.3, -0.25) is 29.2 Å². The van der Waals surface area contributed by atoms with Crippen LogP contribution in [0.15, 0.2) is 9.98 Å². The van der Waals surface area contributed by atoms with Crippen molar-refractivity contribution in [1.82, 2.24) is 0 Å². The summed E-state index contributed by atoms with van der Waals surface area (Å²) >= 11 is 0. The minimum atomic E-state index is -1.03. The number of esters is 2. The maximum absolute atomic E-state index is 11.9. The molecule has 1 aliphatic rings. The molecule has 0 aromatic rings. The van der Waals surface area contributed by atoms with Crippen LogP contribution in [0.2, 0.25) is 0 Å². The monoisotopic (exact) mass is 523 g/mol. The summed E-state index contributed by atoms with van der Waals surface area (Å²) in [6, 6.07) is -0.452. The van der Waals surface area contributed by atoms with E-state index in [0.29, 0.717) is 0 Å². The normalized spacial score (nSPS) is 19.9. The summed E-state index contributed by atoms with van der Waals surface area (Å²) in [6.07, 6.45) is 6.07. The van der Waals surface area contributed by atoms with Crippen molar-refractivity contribution >= 4 is 35.9 Å². The summed E-state index contributed by atoms with van der Waals surface area (Å²) < 4.78 is 9.83. The number of halogens is 2. The predicted molar refractivity (Wildman–Crippen MR) is 105 cm³/mol. The Balaban J connectivity index is -0.00000261. The van der Waals surface area contributed by atoms with Gasteiger partial charge in [0.2, 0.25) is 0 Å². The maximum atomic E-state index is 11.9. The van der Waals surface area contributed by atoms with Crippen molar-refractivity contribution < 1.29 is 70.2 Å². The van der Waals surface area contributed by atoms with Crippen LogP contribution >= 0.6 is 0 Å². The van der Waals surface area contributed by atoms with E-state index in [2.05, 4.69) is 9.98 Å². The van der Waals surface area contributed by atoms with Gasteiger partial charge in [0.15, 0.2) is 0 Å². The molecule has 4 atom stereocenters. The number of aliphatic imine (C=N–C) groups is 2. The third kappa shape index (κ3) is 11.8. The number of hydrogen-bond donors (Lipinski definition) is 0. The number of carbonyl (C=O) groups excluding carboxylic acids is 4. The number of carbonyl (C=O) groups is 4. The zero-order valence-corrected chi connectivity index (χ0v) is 20.7. The molecule has 1 saturated carbocycles. The van der Waals surface area contributed by atoms with Gasteiger partial charge in [-0.15, -0.1) is 0 Å². The Labute approximate surface area is 206 Å². The summed E-state index contributed by atoms with van der Waals surface area (Å²) in [4.78, 5) is 56.2. The third-order valence-electron chi connectivity index (χ3n) is 4.50. The molecule has 0 aromatic heterocycles. The molecular weight excluding hydrogens is 494 g/mol. The van der Waals surface area contributed by atoms with E-state index < -0.39 is 23.8 Å². The first kappa shape index (κ1) is 34.3. The summed E-state index contributed by atoms with van der Waals surface area (Å²) in [5.41, 5.74) is 0. The van der Waals surface area contributed by atoms with Crippen molar-refractivity contribution in [2.24, 2.45) is 21.8 Å². The Morgan fingerprint density at radius 1 is 0.806 bits per heavy atom. The van der Waals surface area contributed by atoms with Crippen LogP contribution in [0, 0.1) is 11.8 Å². The molecule has 0 N–H and O–H groups in total. The van der Waals surface area contributed by atoms with Crippen LogP contribution < -0.4 is 24.8 Å². The second-order valence-electron chi connectivity index (χ2n) is 6.70. The zero-order valence-electron chi connectivity index (χ0n) is 18.1. The number of hydrogen-bond acceptors (Lipinski definition) is 8. The van der Waals surface area contributed by atoms with Crippen LogP contribution in [0.5, 0.6) is 0 Å². The van der Waals surface area contributed by atoms with E-state index in [-0.39, 0.29) is 78.5 Å². The van der Waals surface area contributed by atoms with Gasteiger partial charge in [0.25, 0.3) is 0 Å². The Bertz CT molecular complexity index is 591. The van der Waals surface area contributed by atoms with Crippen molar-refractivity contribution in [3.05, 3.63) is 0 Å². The third-order valence-corrected chi connectivity index (χ3v) is 4.50. The molecule has 0 bridgehead atoms. The van der Waals surface area contributed by atoms with Gasteiger partial charge in [-0.1, -0.05) is 12.8 Å². The van der Waals surface area contributed by atoms with Crippen molar-refractivity contribution in [3.63, 3.8) is 0 Å². The van der Waals surface area contributed by atoms with Gasteiger partial charge in [0, 0.05) is 12.4 Å². The van der Waals surface area contributed by atoms with E-state index in [1.807, 2.05) is 0 Å². The average molecular weight is 524 g/mol. The molecule has 0 heterocycles. The van der Waals surface area contributed by atoms with Gasteiger partial charge in [-0.25, -0.2) is 0 Å². The smallest absolute Gasteiger partial charge is 1.00 e. The van der Waals surface area contributed by atoms with Crippen molar-refractivity contribution in [1.29, 1.82) is 0 Å². The number of rotatable bonds is 10. The molecule has 0 saturated heterocycles. The first-order valence-electron chi connectivity index (χ1n) is 9.72. The fraction of sp³-hybridized carbons (Fsp3) is 0.700. The van der Waals surface area contributed by atoms with Gasteiger partial charge in [0.05, 0.1) is 25.3 Å². The van der Waals surface area contributed by atoms with Crippen molar-refractivity contribution in [3.8, 4) is 0 Å². The number of ether oxygens (including phenoxy) is 2. The Morgan fingerprint density at radius 2 is 1.13 bits per heavy atom. The van der Waals surface area contributed by atoms with Crippen molar-refractivity contribution in [2.45, 2.75) is 65.5 Å². The molecule has 8 nitrogen and oxygen atoms in total. The van der Waals surface area contributed by atoms with Crippen LogP contribution in [0.25, 0.3) is 0 Å². The minimum Gasteiger partial charge on any atom is -1.00 e. The van der Waals surface area contributed by atoms with Crippen molar-refractivity contribution in [2.75, 3.05) is 13.2 Å². The fourth-order valence-electron chi connectivity index (χ4n) is 2.96. The molecule has 0 spiro atoms. The van der Waals surface area contributed by atoms with Gasteiger partial charge in [0.1, 0.15) is 23.4 Å². The van der Waals surface area contributed by atoms with Crippen LogP contribution in [-0.4, -0.2) is 61.2 Å². The van der Waals surface area contributed by atoms with Gasteiger partial charge >= 0.3 is 28.7 Å². The predicted octanol–water partition coefficient (Wildman–Crippen LogP) is -4.02. The topological polar surface area (TPSA) is 111 Å². The van der Waals surface area contributed by atoms with Gasteiger partial charge in [-0.2, -0.15) is 0 Å². The molecule has 11 heteroatoms. The molecule has 1 fully saturated rings. The minimum absolute atomic E-state index is 0. The molecule has 4 unspecified atom stereocenters. The zero-order chi connectivity index (χ0) is 21.1. The Kier molecular flexibility index (Phi) is 20.3. The Morgan fingerprint density at radius 3 is 1.39 bits per heavy atom. The van der Waals surface area contributed by atoms with E-state index in [9.17, 15) is 19.2 Å². The first-order chi connectivity index (χ1) is 13.3. The average Bonchev–Trinajstić information content (AvgIpc) is 2.63. The molecule has 179 valence electrons. The Hall–Kier alpha value is -1.29. The molecule has 1 aliphatic carbocycles. The van der Waals surface area contributed by atoms with E-state index in [4.69, 9.17) is 9.47 Å². The van der Waals surface area contributed by atoms with Gasteiger partial charge in [-0.05, 0) is 40.5 Å². The maximum Gasteiger partial charge on any atom is 2.00 e. The number of Topliss-reactive ketones (excluding diaryl/α,β-unsaturated/α-hetero) is 2. The summed E-state index contributed by atoms with van der Waals surface area (Å²) in [7, 11) is 0. The van der Waals surface area contributed by atoms with Gasteiger partial charge < -0.3 is 34.3 Å². The molecule has 0 aromatic carbocycles.